The molecule has 10 heteroatoms. The zero-order chi connectivity index (χ0) is 24.6. The number of ether oxygens (including phenoxy) is 1. The van der Waals surface area contributed by atoms with Gasteiger partial charge >= 0.3 is 10.1 Å². The Balaban J connectivity index is 1.86. The molecule has 178 valence electrons. The van der Waals surface area contributed by atoms with Gasteiger partial charge in [-0.05, 0) is 73.4 Å². The lowest BCUT2D eigenvalue weighted by atomic mass is 9.91. The molecule has 1 aromatic heterocycles. The molecule has 4 rings (SSSR count). The number of methoxy groups -OCH3 is 1. The smallest absolute Gasteiger partial charge is 0.340 e. The average molecular weight is 519 g/mol. The molecule has 34 heavy (non-hydrogen) atoms. The van der Waals surface area contributed by atoms with Gasteiger partial charge in [-0.2, -0.15) is 13.5 Å². The number of carbonyl (C=O) groups excluding carboxylic acids is 1. The highest BCUT2D eigenvalue weighted by Gasteiger charge is 2.31. The summed E-state index contributed by atoms with van der Waals surface area (Å²) in [4.78, 5) is 12.9. The molecular formula is C24H23ClN2O5S2. The number of benzene rings is 2. The topological polar surface area (TPSA) is 87.5 Å². The average Bonchev–Trinajstić information content (AvgIpc) is 3.22. The van der Waals surface area contributed by atoms with Crippen molar-refractivity contribution >= 4 is 39.4 Å². The maximum Gasteiger partial charge on any atom is 0.340 e. The molecule has 0 fully saturated rings. The van der Waals surface area contributed by atoms with Gasteiger partial charge in [0, 0.05) is 30.0 Å². The lowest BCUT2D eigenvalue weighted by Crippen LogP contribution is -2.14. The minimum Gasteiger partial charge on any atom is -0.376 e. The minimum atomic E-state index is -4.12. The van der Waals surface area contributed by atoms with Crippen molar-refractivity contribution in [2.45, 2.75) is 49.6 Å². The van der Waals surface area contributed by atoms with Crippen LogP contribution < -0.4 is 4.18 Å². The molecule has 1 aliphatic heterocycles. The van der Waals surface area contributed by atoms with Crippen LogP contribution in [0.5, 0.6) is 5.88 Å². The molecule has 0 bridgehead atoms. The highest BCUT2D eigenvalue weighted by atomic mass is 35.5. The quantitative estimate of drug-likeness (QED) is 0.314. The number of hydrogen-bond donors (Lipinski definition) is 0. The molecule has 1 aliphatic rings. The van der Waals surface area contributed by atoms with Gasteiger partial charge in [-0.1, -0.05) is 23.4 Å². The van der Waals surface area contributed by atoms with E-state index in [1.54, 1.807) is 13.3 Å². The first-order valence-corrected chi connectivity index (χ1v) is 13.1. The molecule has 0 amide bonds. The summed E-state index contributed by atoms with van der Waals surface area (Å²) in [6.45, 7) is 6.17. The normalized spacial score (nSPS) is 15.7. The Morgan fingerprint density at radius 1 is 1.24 bits per heavy atom. The molecule has 3 aromatic rings. The number of nitrogens with zero attached hydrogens (tertiary/aromatic N) is 2. The summed E-state index contributed by atoms with van der Waals surface area (Å²) in [5.41, 5.74) is 4.16. The molecule has 7 nitrogen and oxygen atoms in total. The van der Waals surface area contributed by atoms with Gasteiger partial charge in [-0.15, -0.1) is 0 Å². The molecule has 2 aromatic carbocycles. The third kappa shape index (κ3) is 4.42. The summed E-state index contributed by atoms with van der Waals surface area (Å²) in [5, 5.41) is 4.79. The Labute approximate surface area is 207 Å². The summed E-state index contributed by atoms with van der Waals surface area (Å²) in [6, 6.07) is 7.75. The van der Waals surface area contributed by atoms with Gasteiger partial charge in [-0.25, -0.2) is 9.48 Å². The maximum absolute atomic E-state index is 13.0. The van der Waals surface area contributed by atoms with E-state index in [0.29, 0.717) is 28.5 Å². The molecule has 1 unspecified atom stereocenters. The molecule has 2 heterocycles. The van der Waals surface area contributed by atoms with Crippen LogP contribution in [-0.2, 0) is 26.2 Å². The Hall–Kier alpha value is -2.55. The highest BCUT2D eigenvalue weighted by molar-refractivity contribution is 8.03. The summed E-state index contributed by atoms with van der Waals surface area (Å²) in [7, 11) is -2.52. The van der Waals surface area contributed by atoms with Crippen LogP contribution in [0.15, 0.2) is 51.2 Å². The summed E-state index contributed by atoms with van der Waals surface area (Å²) < 4.78 is 38.9. The van der Waals surface area contributed by atoms with Crippen molar-refractivity contribution in [3.63, 3.8) is 0 Å². The Bertz CT molecular complexity index is 1410. The fourth-order valence-electron chi connectivity index (χ4n) is 4.05. The van der Waals surface area contributed by atoms with Gasteiger partial charge < -0.3 is 8.92 Å². The standard InChI is InChI=1S/C24H23ClN2O5S2/c1-5-27-24(32-34(29,30)18-8-6-16(25)7-9-18)20(12-26-27)19-10-14(2)23-22(15(19)3)21(31-4)11-17(13-28)33-23/h6-10,12,21H,5,11H2,1-4H3. The van der Waals surface area contributed by atoms with E-state index in [4.69, 9.17) is 20.5 Å². The summed E-state index contributed by atoms with van der Waals surface area (Å²) in [6.07, 6.45) is 1.73. The predicted molar refractivity (Wildman–Crippen MR) is 132 cm³/mol. The zero-order valence-corrected chi connectivity index (χ0v) is 21.5. The lowest BCUT2D eigenvalue weighted by Gasteiger charge is -2.29. The second-order valence-electron chi connectivity index (χ2n) is 7.84. The van der Waals surface area contributed by atoms with Gasteiger partial charge in [0.2, 0.25) is 5.88 Å². The molecular weight excluding hydrogens is 496 g/mol. The van der Waals surface area contributed by atoms with Crippen LogP contribution in [0.4, 0.5) is 0 Å². The van der Waals surface area contributed by atoms with E-state index < -0.39 is 10.1 Å². The van der Waals surface area contributed by atoms with Crippen LogP contribution in [0.2, 0.25) is 5.02 Å². The number of rotatable bonds is 6. The van der Waals surface area contributed by atoms with E-state index >= 15 is 0 Å². The van der Waals surface area contributed by atoms with Gasteiger partial charge in [0.15, 0.2) is 0 Å². The van der Waals surface area contributed by atoms with Gasteiger partial charge in [0.05, 0.1) is 22.8 Å². The third-order valence-corrected chi connectivity index (χ3v) is 8.48. The molecule has 0 N–H and O–H groups in total. The second kappa shape index (κ2) is 9.60. The number of aromatic nitrogens is 2. The van der Waals surface area contributed by atoms with Crippen LogP contribution in [-0.4, -0.2) is 31.2 Å². The predicted octanol–water partition coefficient (Wildman–Crippen LogP) is 5.51. The van der Waals surface area contributed by atoms with Crippen LogP contribution in [0.3, 0.4) is 0 Å². The van der Waals surface area contributed by atoms with Gasteiger partial charge in [0.25, 0.3) is 0 Å². The third-order valence-electron chi connectivity index (χ3n) is 5.76. The maximum atomic E-state index is 13.0. The first-order chi connectivity index (χ1) is 16.2. The number of hydrogen-bond acceptors (Lipinski definition) is 7. The van der Waals surface area contributed by atoms with Crippen molar-refractivity contribution < 1.29 is 22.1 Å². The van der Waals surface area contributed by atoms with E-state index in [-0.39, 0.29) is 16.9 Å². The highest BCUT2D eigenvalue weighted by Crippen LogP contribution is 2.49. The van der Waals surface area contributed by atoms with E-state index in [2.05, 4.69) is 5.10 Å². The molecule has 1 atom stereocenters. The summed E-state index contributed by atoms with van der Waals surface area (Å²) >= 11 is 7.30. The molecule has 0 saturated carbocycles. The largest absolute Gasteiger partial charge is 0.376 e. The van der Waals surface area contributed by atoms with E-state index in [1.165, 1.54) is 40.7 Å². The first-order valence-electron chi connectivity index (χ1n) is 10.5. The SMILES string of the molecule is CCn1ncc(-c2cc(C)c3c(c2C)C(OC)CC(=C=O)S3)c1OS(=O)(=O)c1ccc(Cl)cc1. The Morgan fingerprint density at radius 3 is 2.56 bits per heavy atom. The fourth-order valence-corrected chi connectivity index (χ4v) is 6.26. The number of thioether (sulfide) groups is 1. The van der Waals surface area contributed by atoms with Crippen LogP contribution in [0, 0.1) is 13.8 Å². The second-order valence-corrected chi connectivity index (χ2v) is 10.9. The summed E-state index contributed by atoms with van der Waals surface area (Å²) in [5.74, 6) is 2.14. The van der Waals surface area contributed by atoms with Crippen molar-refractivity contribution in [1.82, 2.24) is 9.78 Å². The monoisotopic (exact) mass is 518 g/mol. The first kappa shape index (κ1) is 24.6. The van der Waals surface area contributed by atoms with Crippen molar-refractivity contribution in [2.24, 2.45) is 0 Å². The minimum absolute atomic E-state index is 0.00549. The molecule has 0 spiro atoms. The fraction of sp³-hybridized carbons (Fsp3) is 0.292. The van der Waals surface area contributed by atoms with Crippen molar-refractivity contribution in [3.05, 3.63) is 63.1 Å². The number of halogens is 1. The van der Waals surface area contributed by atoms with Gasteiger partial charge in [0.1, 0.15) is 10.8 Å². The van der Waals surface area contributed by atoms with Crippen LogP contribution >= 0.6 is 23.4 Å². The molecule has 0 radical (unpaired) electrons. The molecule has 0 aliphatic carbocycles. The molecule has 0 saturated heterocycles. The number of aryl methyl sites for hydroxylation is 2. The van der Waals surface area contributed by atoms with E-state index in [9.17, 15) is 13.2 Å². The van der Waals surface area contributed by atoms with Crippen LogP contribution in [0.1, 0.15) is 36.1 Å². The van der Waals surface area contributed by atoms with Crippen molar-refractivity contribution in [3.8, 4) is 17.0 Å². The lowest BCUT2D eigenvalue weighted by molar-refractivity contribution is 0.101. The van der Waals surface area contributed by atoms with E-state index in [1.807, 2.05) is 32.8 Å². The van der Waals surface area contributed by atoms with Gasteiger partial charge in [-0.3, -0.25) is 0 Å². The van der Waals surface area contributed by atoms with Crippen molar-refractivity contribution in [1.29, 1.82) is 0 Å². The Kier molecular flexibility index (Phi) is 6.94. The van der Waals surface area contributed by atoms with Crippen LogP contribution in [0.25, 0.3) is 11.1 Å². The zero-order valence-electron chi connectivity index (χ0n) is 19.1. The number of fused-ring (bicyclic) bond motifs is 1. The van der Waals surface area contributed by atoms with E-state index in [0.717, 1.165) is 27.1 Å². The Morgan fingerprint density at radius 2 is 1.94 bits per heavy atom. The van der Waals surface area contributed by atoms with Crippen molar-refractivity contribution in [2.75, 3.05) is 7.11 Å².